The van der Waals surface area contributed by atoms with Crippen LogP contribution in [-0.2, 0) is 15.4 Å². The van der Waals surface area contributed by atoms with E-state index in [1.165, 1.54) is 9.87 Å². The van der Waals surface area contributed by atoms with Gasteiger partial charge in [0.25, 0.3) is 10.0 Å². The standard InChI is InChI=1S/C25H28N2O2S/c1-18-9-15-21(16-10-18)30(28,29)27-17-23(22-7-5-6-8-24(22)27)26-20-13-11-19(12-14-20)25(2,3)4/h5-16,23,26H,17H2,1-4H3/t23-/m0/s1. The summed E-state index contributed by atoms with van der Waals surface area (Å²) in [5.41, 5.74) is 5.11. The van der Waals surface area contributed by atoms with Crippen LogP contribution in [0.3, 0.4) is 0 Å². The van der Waals surface area contributed by atoms with Crippen LogP contribution in [0, 0.1) is 6.92 Å². The van der Waals surface area contributed by atoms with Crippen LogP contribution in [-0.4, -0.2) is 15.0 Å². The first-order chi connectivity index (χ1) is 14.2. The molecule has 1 atom stereocenters. The predicted molar refractivity (Wildman–Crippen MR) is 124 cm³/mol. The number of sulfonamides is 1. The van der Waals surface area contributed by atoms with Crippen molar-refractivity contribution in [1.82, 2.24) is 0 Å². The molecule has 0 bridgehead atoms. The lowest BCUT2D eigenvalue weighted by Crippen LogP contribution is -2.31. The summed E-state index contributed by atoms with van der Waals surface area (Å²) >= 11 is 0. The van der Waals surface area contributed by atoms with E-state index in [4.69, 9.17) is 0 Å². The number of aryl methyl sites for hydroxylation is 1. The van der Waals surface area contributed by atoms with Crippen LogP contribution in [0.2, 0.25) is 0 Å². The number of nitrogens with one attached hydrogen (secondary N) is 1. The molecule has 1 aliphatic rings. The largest absolute Gasteiger partial charge is 0.376 e. The second kappa shape index (κ2) is 7.47. The van der Waals surface area contributed by atoms with E-state index >= 15 is 0 Å². The molecule has 4 rings (SSSR count). The summed E-state index contributed by atoms with van der Waals surface area (Å²) in [6.45, 7) is 8.88. The minimum atomic E-state index is -3.63. The SMILES string of the molecule is Cc1ccc(S(=O)(=O)N2C[C@H](Nc3ccc(C(C)(C)C)cc3)c3ccccc32)cc1. The highest BCUT2D eigenvalue weighted by molar-refractivity contribution is 7.92. The van der Waals surface area contributed by atoms with E-state index in [1.54, 1.807) is 12.1 Å². The zero-order valence-electron chi connectivity index (χ0n) is 17.9. The predicted octanol–water partition coefficient (Wildman–Crippen LogP) is 5.65. The summed E-state index contributed by atoms with van der Waals surface area (Å²) in [7, 11) is -3.63. The van der Waals surface area contributed by atoms with Crippen LogP contribution in [0.4, 0.5) is 11.4 Å². The third-order valence-electron chi connectivity index (χ3n) is 5.63. The summed E-state index contributed by atoms with van der Waals surface area (Å²) < 4.78 is 28.2. The maximum Gasteiger partial charge on any atom is 0.264 e. The number of nitrogens with zero attached hydrogens (tertiary/aromatic N) is 1. The Balaban J connectivity index is 1.64. The fraction of sp³-hybridized carbons (Fsp3) is 0.280. The van der Waals surface area contributed by atoms with Crippen molar-refractivity contribution >= 4 is 21.4 Å². The zero-order chi connectivity index (χ0) is 21.5. The van der Waals surface area contributed by atoms with Gasteiger partial charge < -0.3 is 5.32 Å². The second-order valence-electron chi connectivity index (χ2n) is 8.93. The van der Waals surface area contributed by atoms with Crippen molar-refractivity contribution in [3.8, 4) is 0 Å². The van der Waals surface area contributed by atoms with E-state index in [0.717, 1.165) is 22.5 Å². The number of fused-ring (bicyclic) bond motifs is 1. The molecule has 30 heavy (non-hydrogen) atoms. The first-order valence-corrected chi connectivity index (χ1v) is 11.7. The maximum atomic E-state index is 13.4. The van der Waals surface area contributed by atoms with Gasteiger partial charge >= 0.3 is 0 Å². The van der Waals surface area contributed by atoms with Crippen LogP contribution < -0.4 is 9.62 Å². The number of hydrogen-bond acceptors (Lipinski definition) is 3. The third kappa shape index (κ3) is 3.82. The molecule has 1 heterocycles. The van der Waals surface area contributed by atoms with Crippen LogP contribution in [0.15, 0.2) is 77.7 Å². The van der Waals surface area contributed by atoms with Crippen LogP contribution in [0.1, 0.15) is 43.5 Å². The van der Waals surface area contributed by atoms with Gasteiger partial charge in [0.05, 0.1) is 23.2 Å². The lowest BCUT2D eigenvalue weighted by Gasteiger charge is -2.22. The number of para-hydroxylation sites is 1. The zero-order valence-corrected chi connectivity index (χ0v) is 18.7. The van der Waals surface area contributed by atoms with Gasteiger partial charge in [-0.2, -0.15) is 0 Å². The summed E-state index contributed by atoms with van der Waals surface area (Å²) in [5, 5.41) is 3.53. The van der Waals surface area contributed by atoms with Gasteiger partial charge in [0.15, 0.2) is 0 Å². The Morgan fingerprint density at radius 3 is 2.17 bits per heavy atom. The highest BCUT2D eigenvalue weighted by atomic mass is 32.2. The number of rotatable bonds is 4. The molecule has 0 aromatic heterocycles. The highest BCUT2D eigenvalue weighted by Gasteiger charge is 2.36. The van der Waals surface area contributed by atoms with Gasteiger partial charge in [0.1, 0.15) is 0 Å². The third-order valence-corrected chi connectivity index (χ3v) is 7.42. The Morgan fingerprint density at radius 1 is 0.900 bits per heavy atom. The maximum absolute atomic E-state index is 13.4. The minimum Gasteiger partial charge on any atom is -0.376 e. The van der Waals surface area contributed by atoms with E-state index in [1.807, 2.05) is 43.3 Å². The number of anilines is 2. The number of benzene rings is 3. The topological polar surface area (TPSA) is 49.4 Å². The minimum absolute atomic E-state index is 0.0946. The quantitative estimate of drug-likeness (QED) is 0.593. The summed E-state index contributed by atoms with van der Waals surface area (Å²) in [4.78, 5) is 0.318. The Labute approximate surface area is 179 Å². The van der Waals surface area contributed by atoms with Crippen molar-refractivity contribution in [3.63, 3.8) is 0 Å². The van der Waals surface area contributed by atoms with Crippen molar-refractivity contribution in [2.45, 2.75) is 44.0 Å². The molecule has 4 nitrogen and oxygen atoms in total. The molecule has 0 aliphatic carbocycles. The van der Waals surface area contributed by atoms with Crippen LogP contribution >= 0.6 is 0 Å². The molecule has 3 aromatic carbocycles. The van der Waals surface area contributed by atoms with Crippen molar-refractivity contribution in [2.75, 3.05) is 16.2 Å². The van der Waals surface area contributed by atoms with E-state index in [9.17, 15) is 8.42 Å². The first-order valence-electron chi connectivity index (χ1n) is 10.2. The van der Waals surface area contributed by atoms with E-state index in [2.05, 4.69) is 50.4 Å². The van der Waals surface area contributed by atoms with Gasteiger partial charge in [-0.25, -0.2) is 8.42 Å². The average molecular weight is 421 g/mol. The lowest BCUT2D eigenvalue weighted by molar-refractivity contribution is 0.589. The molecule has 0 fully saturated rings. The molecule has 1 aliphatic heterocycles. The Bertz CT molecular complexity index is 1150. The fourth-order valence-corrected chi connectivity index (χ4v) is 5.33. The van der Waals surface area contributed by atoms with Crippen LogP contribution in [0.25, 0.3) is 0 Å². The Hall–Kier alpha value is -2.79. The van der Waals surface area contributed by atoms with E-state index in [0.29, 0.717) is 11.4 Å². The molecule has 5 heteroatoms. The Morgan fingerprint density at radius 2 is 1.53 bits per heavy atom. The second-order valence-corrected chi connectivity index (χ2v) is 10.8. The van der Waals surface area contributed by atoms with Gasteiger partial charge in [0, 0.05) is 11.3 Å². The lowest BCUT2D eigenvalue weighted by atomic mass is 9.87. The Kier molecular flexibility index (Phi) is 5.10. The molecule has 0 spiro atoms. The van der Waals surface area contributed by atoms with Crippen molar-refractivity contribution in [3.05, 3.63) is 89.5 Å². The van der Waals surface area contributed by atoms with E-state index in [-0.39, 0.29) is 11.5 Å². The summed E-state index contributed by atoms with van der Waals surface area (Å²) in [6, 6.07) is 23.0. The van der Waals surface area contributed by atoms with Crippen LogP contribution in [0.5, 0.6) is 0 Å². The first kappa shape index (κ1) is 20.5. The van der Waals surface area contributed by atoms with E-state index < -0.39 is 10.0 Å². The smallest absolute Gasteiger partial charge is 0.264 e. The molecule has 0 radical (unpaired) electrons. The molecule has 156 valence electrons. The van der Waals surface area contributed by atoms with Gasteiger partial charge in [-0.05, 0) is 48.2 Å². The van der Waals surface area contributed by atoms with Crippen molar-refractivity contribution in [1.29, 1.82) is 0 Å². The molecular formula is C25H28N2O2S. The fourth-order valence-electron chi connectivity index (χ4n) is 3.83. The molecule has 0 amide bonds. The monoisotopic (exact) mass is 420 g/mol. The molecular weight excluding hydrogens is 392 g/mol. The molecule has 0 saturated heterocycles. The molecule has 1 N–H and O–H groups in total. The highest BCUT2D eigenvalue weighted by Crippen LogP contribution is 2.40. The van der Waals surface area contributed by atoms with Crippen molar-refractivity contribution < 1.29 is 8.42 Å². The number of hydrogen-bond donors (Lipinski definition) is 1. The molecule has 3 aromatic rings. The van der Waals surface area contributed by atoms with Crippen molar-refractivity contribution in [2.24, 2.45) is 0 Å². The molecule has 0 saturated carbocycles. The normalized spacial score (nSPS) is 16.4. The van der Waals surface area contributed by atoms with Gasteiger partial charge in [-0.15, -0.1) is 0 Å². The van der Waals surface area contributed by atoms with Gasteiger partial charge in [-0.3, -0.25) is 4.31 Å². The summed E-state index contributed by atoms with van der Waals surface area (Å²) in [5.74, 6) is 0. The van der Waals surface area contributed by atoms with Gasteiger partial charge in [0.2, 0.25) is 0 Å². The average Bonchev–Trinajstić information content (AvgIpc) is 3.07. The molecule has 0 unspecified atom stereocenters. The van der Waals surface area contributed by atoms with Gasteiger partial charge in [-0.1, -0.05) is 68.8 Å². The summed E-state index contributed by atoms with van der Waals surface area (Å²) in [6.07, 6.45) is 0.